The van der Waals surface area contributed by atoms with Crippen molar-refractivity contribution in [3.8, 4) is 0 Å². The number of aromatic nitrogens is 2. The maximum absolute atomic E-state index is 11.7. The van der Waals surface area contributed by atoms with E-state index in [0.717, 1.165) is 0 Å². The van der Waals surface area contributed by atoms with Crippen LogP contribution < -0.4 is 11.4 Å². The van der Waals surface area contributed by atoms with Gasteiger partial charge in [-0.3, -0.25) is 14.5 Å². The lowest BCUT2D eigenvalue weighted by atomic mass is 10.2. The third kappa shape index (κ3) is 3.43. The second-order valence-corrected chi connectivity index (χ2v) is 4.00. The highest BCUT2D eigenvalue weighted by atomic mass is 16.7. The van der Waals surface area contributed by atoms with Gasteiger partial charge in [0.2, 0.25) is 0 Å². The van der Waals surface area contributed by atoms with Crippen LogP contribution >= 0.6 is 0 Å². The summed E-state index contributed by atoms with van der Waals surface area (Å²) in [5, 5.41) is 10.4. The lowest BCUT2D eigenvalue weighted by molar-refractivity contribution is -0.149. The van der Waals surface area contributed by atoms with Crippen LogP contribution in [0.1, 0.15) is 0 Å². The van der Waals surface area contributed by atoms with Crippen LogP contribution in [-0.4, -0.2) is 39.0 Å². The molecule has 1 aromatic rings. The largest absolute Gasteiger partial charge is 0.394 e. The SMILES string of the molecule is Nc1ccn(CC2C=CC=CN2OCCO)c(=O)n1. The van der Waals surface area contributed by atoms with Crippen molar-refractivity contribution in [2.75, 3.05) is 18.9 Å². The van der Waals surface area contributed by atoms with Crippen molar-refractivity contribution in [2.24, 2.45) is 0 Å². The summed E-state index contributed by atoms with van der Waals surface area (Å²) in [6.45, 7) is 0.520. The highest BCUT2D eigenvalue weighted by Gasteiger charge is 2.16. The molecule has 102 valence electrons. The van der Waals surface area contributed by atoms with Crippen LogP contribution in [0.2, 0.25) is 0 Å². The molecule has 0 saturated carbocycles. The standard InChI is InChI=1S/C12H16N4O3/c13-11-4-6-15(12(18)14-11)9-10-3-1-2-5-16(10)19-8-7-17/h1-6,10,17H,7-9H2,(H2,13,14,18). The van der Waals surface area contributed by atoms with Crippen molar-refractivity contribution in [1.29, 1.82) is 0 Å². The smallest absolute Gasteiger partial charge is 0.349 e. The molecule has 0 radical (unpaired) electrons. The maximum atomic E-state index is 11.7. The molecule has 1 atom stereocenters. The Morgan fingerprint density at radius 2 is 2.32 bits per heavy atom. The molecular formula is C12H16N4O3. The summed E-state index contributed by atoms with van der Waals surface area (Å²) in [5.74, 6) is 0.203. The number of nitrogens with zero attached hydrogens (tertiary/aromatic N) is 3. The summed E-state index contributed by atoms with van der Waals surface area (Å²) in [7, 11) is 0. The third-order valence-corrected chi connectivity index (χ3v) is 2.62. The number of aliphatic hydroxyl groups is 1. The molecule has 0 spiro atoms. The van der Waals surface area contributed by atoms with E-state index < -0.39 is 5.69 Å². The zero-order valence-corrected chi connectivity index (χ0v) is 10.3. The molecule has 1 aliphatic heterocycles. The number of hydrogen-bond donors (Lipinski definition) is 2. The molecule has 7 heteroatoms. The van der Waals surface area contributed by atoms with Crippen molar-refractivity contribution in [3.63, 3.8) is 0 Å². The van der Waals surface area contributed by atoms with Gasteiger partial charge in [0, 0.05) is 12.4 Å². The molecule has 0 amide bonds. The number of aliphatic hydroxyl groups excluding tert-OH is 1. The molecule has 1 aliphatic rings. The fourth-order valence-electron chi connectivity index (χ4n) is 1.73. The fourth-order valence-corrected chi connectivity index (χ4v) is 1.73. The van der Waals surface area contributed by atoms with Gasteiger partial charge in [-0.25, -0.2) is 4.79 Å². The van der Waals surface area contributed by atoms with E-state index in [1.165, 1.54) is 4.57 Å². The Morgan fingerprint density at radius 1 is 1.47 bits per heavy atom. The molecule has 2 rings (SSSR count). The highest BCUT2D eigenvalue weighted by Crippen LogP contribution is 2.10. The number of nitrogen functional groups attached to an aromatic ring is 1. The maximum Gasteiger partial charge on any atom is 0.349 e. The zero-order chi connectivity index (χ0) is 13.7. The number of rotatable bonds is 5. The molecule has 3 N–H and O–H groups in total. The molecule has 0 aromatic carbocycles. The van der Waals surface area contributed by atoms with E-state index in [2.05, 4.69) is 4.98 Å². The molecule has 19 heavy (non-hydrogen) atoms. The predicted molar refractivity (Wildman–Crippen MR) is 69.9 cm³/mol. The van der Waals surface area contributed by atoms with E-state index in [-0.39, 0.29) is 25.1 Å². The minimum Gasteiger partial charge on any atom is -0.394 e. The Bertz CT molecular complexity index is 538. The summed E-state index contributed by atoms with van der Waals surface area (Å²) < 4.78 is 1.46. The van der Waals surface area contributed by atoms with Gasteiger partial charge in [-0.2, -0.15) is 4.98 Å². The van der Waals surface area contributed by atoms with E-state index in [1.807, 2.05) is 18.2 Å². The van der Waals surface area contributed by atoms with Crippen molar-refractivity contribution in [1.82, 2.24) is 14.6 Å². The van der Waals surface area contributed by atoms with E-state index in [9.17, 15) is 4.79 Å². The van der Waals surface area contributed by atoms with Gasteiger partial charge in [0.1, 0.15) is 5.82 Å². The number of allylic oxidation sites excluding steroid dienone is 2. The van der Waals surface area contributed by atoms with Gasteiger partial charge in [-0.1, -0.05) is 12.2 Å². The first-order valence-corrected chi connectivity index (χ1v) is 5.91. The first kappa shape index (κ1) is 13.3. The molecule has 1 unspecified atom stereocenters. The molecule has 1 aromatic heterocycles. The fraction of sp³-hybridized carbons (Fsp3) is 0.333. The summed E-state index contributed by atoms with van der Waals surface area (Å²) in [6.07, 6.45) is 8.94. The summed E-state index contributed by atoms with van der Waals surface area (Å²) >= 11 is 0. The Hall–Kier alpha value is -2.12. The topological polar surface area (TPSA) is 93.6 Å². The Kier molecular flexibility index (Phi) is 4.32. The van der Waals surface area contributed by atoms with Gasteiger partial charge in [-0.15, -0.1) is 0 Å². The van der Waals surface area contributed by atoms with E-state index in [0.29, 0.717) is 6.54 Å². The Morgan fingerprint density at radius 3 is 3.05 bits per heavy atom. The average molecular weight is 264 g/mol. The number of anilines is 1. The Labute approximate surface area is 110 Å². The van der Waals surface area contributed by atoms with Crippen LogP contribution in [0.3, 0.4) is 0 Å². The number of hydrogen-bond acceptors (Lipinski definition) is 6. The van der Waals surface area contributed by atoms with Crippen molar-refractivity contribution in [3.05, 3.63) is 47.2 Å². The minimum atomic E-state index is -0.398. The molecule has 0 saturated heterocycles. The van der Waals surface area contributed by atoms with Crippen molar-refractivity contribution in [2.45, 2.75) is 12.6 Å². The van der Waals surface area contributed by atoms with Gasteiger partial charge in [0.15, 0.2) is 0 Å². The second-order valence-electron chi connectivity index (χ2n) is 4.00. The molecule has 2 heterocycles. The normalized spacial score (nSPS) is 17.9. The summed E-state index contributed by atoms with van der Waals surface area (Å²) in [5.41, 5.74) is 5.04. The molecular weight excluding hydrogens is 248 g/mol. The van der Waals surface area contributed by atoms with Crippen LogP contribution in [0, 0.1) is 0 Å². The molecule has 0 fully saturated rings. The number of hydroxylamine groups is 2. The van der Waals surface area contributed by atoms with E-state index >= 15 is 0 Å². The quantitative estimate of drug-likeness (QED) is 0.745. The van der Waals surface area contributed by atoms with Gasteiger partial charge >= 0.3 is 5.69 Å². The Balaban J connectivity index is 2.09. The molecule has 0 aliphatic carbocycles. The second kappa shape index (κ2) is 6.17. The first-order chi connectivity index (χ1) is 9.20. The monoisotopic (exact) mass is 264 g/mol. The molecule has 0 bridgehead atoms. The van der Waals surface area contributed by atoms with Gasteiger partial charge < -0.3 is 10.8 Å². The average Bonchev–Trinajstić information content (AvgIpc) is 2.41. The van der Waals surface area contributed by atoms with Gasteiger partial charge in [0.25, 0.3) is 0 Å². The number of nitrogens with two attached hydrogens (primary N) is 1. The van der Waals surface area contributed by atoms with E-state index in [4.69, 9.17) is 15.7 Å². The van der Waals surface area contributed by atoms with E-state index in [1.54, 1.807) is 23.5 Å². The minimum absolute atomic E-state index is 0.0653. The van der Waals surface area contributed by atoms with Crippen LogP contribution in [0.5, 0.6) is 0 Å². The van der Waals surface area contributed by atoms with Crippen molar-refractivity contribution >= 4 is 5.82 Å². The van der Waals surface area contributed by atoms with Crippen LogP contribution in [0.25, 0.3) is 0 Å². The summed E-state index contributed by atoms with van der Waals surface area (Å²) in [4.78, 5) is 20.7. The molecule has 7 nitrogen and oxygen atoms in total. The van der Waals surface area contributed by atoms with Crippen LogP contribution in [0.4, 0.5) is 5.82 Å². The van der Waals surface area contributed by atoms with Gasteiger partial charge in [-0.05, 0) is 12.1 Å². The lowest BCUT2D eigenvalue weighted by Gasteiger charge is -2.29. The zero-order valence-electron chi connectivity index (χ0n) is 10.3. The summed E-state index contributed by atoms with van der Waals surface area (Å²) in [6, 6.07) is 1.43. The lowest BCUT2D eigenvalue weighted by Crippen LogP contribution is -2.38. The van der Waals surface area contributed by atoms with Crippen LogP contribution in [0.15, 0.2) is 41.5 Å². The van der Waals surface area contributed by atoms with Gasteiger partial charge in [0.05, 0.1) is 25.8 Å². The van der Waals surface area contributed by atoms with Crippen LogP contribution in [-0.2, 0) is 11.4 Å². The third-order valence-electron chi connectivity index (χ3n) is 2.62. The highest BCUT2D eigenvalue weighted by molar-refractivity contribution is 5.23. The predicted octanol–water partition coefficient (Wildman–Crippen LogP) is -0.496. The van der Waals surface area contributed by atoms with Crippen molar-refractivity contribution < 1.29 is 9.94 Å². The first-order valence-electron chi connectivity index (χ1n) is 5.91.